The van der Waals surface area contributed by atoms with Crippen molar-refractivity contribution in [1.29, 1.82) is 0 Å². The summed E-state index contributed by atoms with van der Waals surface area (Å²) in [6.45, 7) is 8.35. The summed E-state index contributed by atoms with van der Waals surface area (Å²) >= 11 is 12.3. The van der Waals surface area contributed by atoms with Gasteiger partial charge in [0, 0.05) is 18.2 Å². The van der Waals surface area contributed by atoms with Crippen molar-refractivity contribution in [1.82, 2.24) is 10.2 Å². The Morgan fingerprint density at radius 2 is 1.71 bits per heavy atom. The van der Waals surface area contributed by atoms with E-state index >= 15 is 0 Å². The van der Waals surface area contributed by atoms with Gasteiger partial charge in [-0.3, -0.25) is 13.9 Å². The zero-order valence-electron chi connectivity index (χ0n) is 22.1. The van der Waals surface area contributed by atoms with Crippen LogP contribution in [0.5, 0.6) is 11.5 Å². The monoisotopic (exact) mass is 585 g/mol. The summed E-state index contributed by atoms with van der Waals surface area (Å²) < 4.78 is 38.0. The van der Waals surface area contributed by atoms with Crippen LogP contribution in [-0.4, -0.2) is 55.8 Å². The standard InChI is InChI=1S/C26H33Cl2N3O6S/c1-6-21(25(33)29-26(3,4)5)30(14-17-8-10-19(27)20(28)12-17)24(32)15-31(38(34,35)7-2)18-9-11-22-23(13-18)37-16-36-22/h8-13,21H,6-7,14-16H2,1-5H3,(H,29,33). The van der Waals surface area contributed by atoms with Crippen molar-refractivity contribution in [3.8, 4) is 11.5 Å². The van der Waals surface area contributed by atoms with E-state index < -0.39 is 34.1 Å². The first kappa shape index (κ1) is 29.9. The molecule has 0 fully saturated rings. The highest BCUT2D eigenvalue weighted by molar-refractivity contribution is 7.92. The first-order valence-corrected chi connectivity index (χ1v) is 14.6. The molecule has 0 saturated heterocycles. The SMILES string of the molecule is CCC(C(=O)NC(C)(C)C)N(Cc1ccc(Cl)c(Cl)c1)C(=O)CN(c1ccc2c(c1)OCO2)S(=O)(=O)CC. The Bertz CT molecular complexity index is 1300. The second-order valence-electron chi connectivity index (χ2n) is 9.88. The van der Waals surface area contributed by atoms with E-state index in [0.29, 0.717) is 33.5 Å². The van der Waals surface area contributed by atoms with Crippen molar-refractivity contribution < 1.29 is 27.5 Å². The third-order valence-corrected chi connectivity index (χ3v) is 8.32. The van der Waals surface area contributed by atoms with Gasteiger partial charge in [0.1, 0.15) is 12.6 Å². The molecule has 0 radical (unpaired) electrons. The number of carbonyl (C=O) groups is 2. The van der Waals surface area contributed by atoms with Gasteiger partial charge in [-0.25, -0.2) is 8.42 Å². The second kappa shape index (κ2) is 12.0. The Balaban J connectivity index is 2.00. The zero-order chi connectivity index (χ0) is 28.3. The van der Waals surface area contributed by atoms with Crippen molar-refractivity contribution in [3.05, 3.63) is 52.0 Å². The summed E-state index contributed by atoms with van der Waals surface area (Å²) in [5.74, 6) is -0.263. The molecule has 1 aliphatic rings. The zero-order valence-corrected chi connectivity index (χ0v) is 24.4. The minimum Gasteiger partial charge on any atom is -0.454 e. The molecule has 1 aliphatic heterocycles. The molecule has 1 unspecified atom stereocenters. The van der Waals surface area contributed by atoms with Gasteiger partial charge in [-0.05, 0) is 63.9 Å². The molecule has 12 heteroatoms. The number of fused-ring (bicyclic) bond motifs is 1. The van der Waals surface area contributed by atoms with E-state index in [-0.39, 0.29) is 30.7 Å². The number of rotatable bonds is 10. The predicted octanol–water partition coefficient (Wildman–Crippen LogP) is 4.60. The number of sulfonamides is 1. The van der Waals surface area contributed by atoms with E-state index in [0.717, 1.165) is 4.31 Å². The maximum atomic E-state index is 13.9. The van der Waals surface area contributed by atoms with Crippen molar-refractivity contribution >= 4 is 50.7 Å². The largest absolute Gasteiger partial charge is 0.454 e. The van der Waals surface area contributed by atoms with Crippen LogP contribution in [0.1, 0.15) is 46.6 Å². The Labute approximate surface area is 234 Å². The van der Waals surface area contributed by atoms with Crippen LogP contribution in [0.25, 0.3) is 0 Å². The number of ether oxygens (including phenoxy) is 2. The maximum Gasteiger partial charge on any atom is 0.244 e. The van der Waals surface area contributed by atoms with Gasteiger partial charge < -0.3 is 19.7 Å². The first-order valence-electron chi connectivity index (χ1n) is 12.2. The number of amides is 2. The molecule has 1 atom stereocenters. The van der Waals surface area contributed by atoms with Crippen LogP contribution >= 0.6 is 23.2 Å². The average molecular weight is 587 g/mol. The van der Waals surface area contributed by atoms with Crippen LogP contribution in [-0.2, 0) is 26.2 Å². The molecule has 208 valence electrons. The van der Waals surface area contributed by atoms with Gasteiger partial charge in [-0.1, -0.05) is 36.2 Å². The fraction of sp³-hybridized carbons (Fsp3) is 0.462. The van der Waals surface area contributed by atoms with Gasteiger partial charge in [-0.15, -0.1) is 0 Å². The summed E-state index contributed by atoms with van der Waals surface area (Å²) in [5, 5.41) is 3.58. The number of nitrogens with one attached hydrogen (secondary N) is 1. The van der Waals surface area contributed by atoms with Gasteiger partial charge in [0.25, 0.3) is 0 Å². The van der Waals surface area contributed by atoms with Gasteiger partial charge >= 0.3 is 0 Å². The molecule has 1 N–H and O–H groups in total. The number of halogens is 2. The number of hydrogen-bond donors (Lipinski definition) is 1. The molecular weight excluding hydrogens is 553 g/mol. The molecule has 0 aromatic heterocycles. The van der Waals surface area contributed by atoms with E-state index in [1.165, 1.54) is 17.9 Å². The third-order valence-electron chi connectivity index (χ3n) is 5.84. The van der Waals surface area contributed by atoms with Crippen LogP contribution < -0.4 is 19.1 Å². The summed E-state index contributed by atoms with van der Waals surface area (Å²) in [4.78, 5) is 28.5. The fourth-order valence-electron chi connectivity index (χ4n) is 3.97. The summed E-state index contributed by atoms with van der Waals surface area (Å²) in [6.07, 6.45) is 0.305. The molecule has 38 heavy (non-hydrogen) atoms. The highest BCUT2D eigenvalue weighted by atomic mass is 35.5. The lowest BCUT2D eigenvalue weighted by atomic mass is 10.1. The van der Waals surface area contributed by atoms with E-state index in [4.69, 9.17) is 32.7 Å². The average Bonchev–Trinajstić information content (AvgIpc) is 3.31. The van der Waals surface area contributed by atoms with Gasteiger partial charge in [0.15, 0.2) is 11.5 Å². The van der Waals surface area contributed by atoms with E-state index in [1.807, 2.05) is 20.8 Å². The lowest BCUT2D eigenvalue weighted by molar-refractivity contribution is -0.141. The number of carbonyl (C=O) groups excluding carboxylic acids is 2. The molecule has 3 rings (SSSR count). The number of hydrogen-bond acceptors (Lipinski definition) is 6. The van der Waals surface area contributed by atoms with Crippen molar-refractivity contribution in [2.45, 2.75) is 59.2 Å². The topological polar surface area (TPSA) is 105 Å². The molecule has 0 spiro atoms. The van der Waals surface area contributed by atoms with Crippen LogP contribution in [0.15, 0.2) is 36.4 Å². The molecule has 9 nitrogen and oxygen atoms in total. The molecular formula is C26H33Cl2N3O6S. The molecule has 2 aromatic rings. The second-order valence-corrected chi connectivity index (χ2v) is 12.9. The molecule has 2 amide bonds. The quantitative estimate of drug-likeness (QED) is 0.437. The van der Waals surface area contributed by atoms with Gasteiger partial charge in [0.05, 0.1) is 21.5 Å². The van der Waals surface area contributed by atoms with E-state index in [1.54, 1.807) is 37.3 Å². The minimum atomic E-state index is -3.88. The molecule has 0 bridgehead atoms. The fourth-order valence-corrected chi connectivity index (χ4v) is 5.34. The van der Waals surface area contributed by atoms with Crippen molar-refractivity contribution in [3.63, 3.8) is 0 Å². The van der Waals surface area contributed by atoms with Crippen molar-refractivity contribution in [2.75, 3.05) is 23.4 Å². The lowest BCUT2D eigenvalue weighted by Crippen LogP contribution is -2.55. The van der Waals surface area contributed by atoms with Gasteiger partial charge in [-0.2, -0.15) is 0 Å². The molecule has 0 saturated carbocycles. The Morgan fingerprint density at radius 1 is 1.03 bits per heavy atom. The van der Waals surface area contributed by atoms with Crippen LogP contribution in [0.3, 0.4) is 0 Å². The minimum absolute atomic E-state index is 0.0208. The van der Waals surface area contributed by atoms with E-state index in [2.05, 4.69) is 5.32 Å². The highest BCUT2D eigenvalue weighted by Crippen LogP contribution is 2.36. The summed E-state index contributed by atoms with van der Waals surface area (Å²) in [5.41, 5.74) is 0.362. The van der Waals surface area contributed by atoms with Crippen LogP contribution in [0.4, 0.5) is 5.69 Å². The molecule has 1 heterocycles. The van der Waals surface area contributed by atoms with Crippen molar-refractivity contribution in [2.24, 2.45) is 0 Å². The molecule has 2 aromatic carbocycles. The Hall–Kier alpha value is -2.69. The van der Waals surface area contributed by atoms with Crippen LogP contribution in [0, 0.1) is 0 Å². The smallest absolute Gasteiger partial charge is 0.244 e. The molecule has 0 aliphatic carbocycles. The maximum absolute atomic E-state index is 13.9. The summed E-state index contributed by atoms with van der Waals surface area (Å²) in [7, 11) is -3.88. The lowest BCUT2D eigenvalue weighted by Gasteiger charge is -2.34. The van der Waals surface area contributed by atoms with Crippen LogP contribution in [0.2, 0.25) is 10.0 Å². The van der Waals surface area contributed by atoms with Gasteiger partial charge in [0.2, 0.25) is 28.6 Å². The highest BCUT2D eigenvalue weighted by Gasteiger charge is 2.34. The predicted molar refractivity (Wildman–Crippen MR) is 148 cm³/mol. The number of nitrogens with zero attached hydrogens (tertiary/aromatic N) is 2. The van der Waals surface area contributed by atoms with E-state index in [9.17, 15) is 18.0 Å². The normalized spacial score (nSPS) is 13.7. The number of anilines is 1. The number of benzene rings is 2. The third kappa shape index (κ3) is 7.24. The Morgan fingerprint density at radius 3 is 2.32 bits per heavy atom. The summed E-state index contributed by atoms with van der Waals surface area (Å²) in [6, 6.07) is 8.76. The first-order chi connectivity index (χ1) is 17.8. The Kier molecular flexibility index (Phi) is 9.43.